The zero-order valence-electron chi connectivity index (χ0n) is 19.9. The highest BCUT2D eigenvalue weighted by Crippen LogP contribution is 2.25. The predicted molar refractivity (Wildman–Crippen MR) is 140 cm³/mol. The minimum Gasteiger partial charge on any atom is -0.399 e. The molecule has 1 aliphatic heterocycles. The third-order valence-electron chi connectivity index (χ3n) is 5.76. The Balaban J connectivity index is 0.000000302. The first-order valence-electron chi connectivity index (χ1n) is 11.7. The fourth-order valence-corrected chi connectivity index (χ4v) is 3.82. The summed E-state index contributed by atoms with van der Waals surface area (Å²) in [6.45, 7) is 4.21. The molecule has 1 amide bonds. The molecule has 1 atom stereocenters. The topological polar surface area (TPSA) is 90.6 Å². The molecular weight excluding hydrogens is 424 g/mol. The number of anilines is 3. The van der Waals surface area contributed by atoms with Gasteiger partial charge in [-0.1, -0.05) is 68.4 Å². The molecule has 0 spiro atoms. The molecule has 5 N–H and O–H groups in total. The number of nitrogens with one attached hydrogen (secondary N) is 2. The number of nitrogens with two attached hydrogens (primary N) is 1. The maximum Gasteiger partial charge on any atom is 0.271 e. The number of benzene rings is 3. The highest BCUT2D eigenvalue weighted by atomic mass is 16.3. The number of carbonyl (C=O) groups is 1. The lowest BCUT2D eigenvalue weighted by molar-refractivity contribution is -0.114. The zero-order chi connectivity index (χ0) is 24.3. The van der Waals surface area contributed by atoms with Gasteiger partial charge in [-0.15, -0.1) is 0 Å². The van der Waals surface area contributed by atoms with E-state index in [1.165, 1.54) is 11.1 Å². The minimum atomic E-state index is -0.223. The van der Waals surface area contributed by atoms with Gasteiger partial charge in [0.25, 0.3) is 5.91 Å². The Hall–Kier alpha value is -3.61. The lowest BCUT2D eigenvalue weighted by atomic mass is 10.1. The van der Waals surface area contributed by atoms with Crippen molar-refractivity contribution in [2.75, 3.05) is 22.7 Å². The third kappa shape index (κ3) is 6.25. The minimum absolute atomic E-state index is 0.0104. The molecule has 34 heavy (non-hydrogen) atoms. The monoisotopic (exact) mass is 458 g/mol. The summed E-state index contributed by atoms with van der Waals surface area (Å²) < 4.78 is 0. The summed E-state index contributed by atoms with van der Waals surface area (Å²) in [5, 5.41) is 14.1. The lowest BCUT2D eigenvalue weighted by Gasteiger charge is -2.16. The SMILES string of the molecule is CCc1ccccc1N.CCc1ccccc1N/C=C1\C(=O)N(c2ccccc2)NC1CCO. The van der Waals surface area contributed by atoms with Crippen LogP contribution in [0.25, 0.3) is 0 Å². The summed E-state index contributed by atoms with van der Waals surface area (Å²) in [5.41, 5.74) is 14.5. The van der Waals surface area contributed by atoms with Crippen LogP contribution >= 0.6 is 0 Å². The molecule has 3 aromatic carbocycles. The van der Waals surface area contributed by atoms with Crippen LogP contribution in [0.3, 0.4) is 0 Å². The second-order valence-electron chi connectivity index (χ2n) is 7.98. The van der Waals surface area contributed by atoms with Crippen LogP contribution < -0.4 is 21.5 Å². The molecule has 178 valence electrons. The fraction of sp³-hybridized carbons (Fsp3) is 0.250. The number of amides is 1. The van der Waals surface area contributed by atoms with E-state index >= 15 is 0 Å². The largest absolute Gasteiger partial charge is 0.399 e. The first-order chi connectivity index (χ1) is 16.6. The second kappa shape index (κ2) is 12.6. The van der Waals surface area contributed by atoms with Crippen molar-refractivity contribution >= 4 is 23.0 Å². The molecule has 3 aromatic rings. The van der Waals surface area contributed by atoms with E-state index < -0.39 is 0 Å². The van der Waals surface area contributed by atoms with Gasteiger partial charge in [-0.3, -0.25) is 4.79 Å². The van der Waals surface area contributed by atoms with Crippen LogP contribution in [0, 0.1) is 0 Å². The first kappa shape index (κ1) is 25.0. The van der Waals surface area contributed by atoms with Gasteiger partial charge < -0.3 is 16.2 Å². The molecule has 1 heterocycles. The number of aryl methyl sites for hydroxylation is 2. The van der Waals surface area contributed by atoms with E-state index in [0.717, 1.165) is 29.9 Å². The van der Waals surface area contributed by atoms with Crippen molar-refractivity contribution < 1.29 is 9.90 Å². The Bertz CT molecular complexity index is 1100. The highest BCUT2D eigenvalue weighted by molar-refractivity contribution is 6.08. The fourth-order valence-electron chi connectivity index (χ4n) is 3.82. The number of hydrogen-bond donors (Lipinski definition) is 4. The third-order valence-corrected chi connectivity index (χ3v) is 5.76. The summed E-state index contributed by atoms with van der Waals surface area (Å²) in [6, 6.07) is 25.2. The molecule has 0 bridgehead atoms. The molecule has 0 aliphatic carbocycles. The first-order valence-corrected chi connectivity index (χ1v) is 11.7. The van der Waals surface area contributed by atoms with E-state index in [1.807, 2.05) is 66.7 Å². The van der Waals surface area contributed by atoms with Crippen LogP contribution in [-0.2, 0) is 17.6 Å². The summed E-state index contributed by atoms with van der Waals surface area (Å²) in [4.78, 5) is 12.8. The average molecular weight is 459 g/mol. The predicted octanol–water partition coefficient (Wildman–Crippen LogP) is 4.68. The van der Waals surface area contributed by atoms with Gasteiger partial charge in [-0.25, -0.2) is 10.4 Å². The summed E-state index contributed by atoms with van der Waals surface area (Å²) >= 11 is 0. The Labute approximate surface area is 202 Å². The quantitative estimate of drug-likeness (QED) is 0.305. The molecule has 1 fully saturated rings. The molecule has 6 heteroatoms. The van der Waals surface area contributed by atoms with Crippen LogP contribution in [0.15, 0.2) is 90.6 Å². The maximum absolute atomic E-state index is 12.8. The Kier molecular flexibility index (Phi) is 9.26. The second-order valence-corrected chi connectivity index (χ2v) is 7.98. The van der Waals surface area contributed by atoms with Crippen LogP contribution in [0.1, 0.15) is 31.4 Å². The molecule has 0 saturated carbocycles. The number of aliphatic hydroxyl groups is 1. The molecule has 1 saturated heterocycles. The van der Waals surface area contributed by atoms with Gasteiger partial charge in [0.2, 0.25) is 0 Å². The lowest BCUT2D eigenvalue weighted by Crippen LogP contribution is -2.37. The van der Waals surface area contributed by atoms with Crippen molar-refractivity contribution in [3.8, 4) is 0 Å². The number of rotatable bonds is 7. The molecule has 1 aliphatic rings. The summed E-state index contributed by atoms with van der Waals surface area (Å²) in [7, 11) is 0. The van der Waals surface area contributed by atoms with E-state index in [-0.39, 0.29) is 18.6 Å². The average Bonchev–Trinajstić information content (AvgIpc) is 3.19. The summed E-state index contributed by atoms with van der Waals surface area (Å²) in [6.07, 6.45) is 4.16. The normalized spacial score (nSPS) is 16.3. The van der Waals surface area contributed by atoms with E-state index in [9.17, 15) is 9.90 Å². The molecule has 0 aromatic heterocycles. The Morgan fingerprint density at radius 3 is 2.18 bits per heavy atom. The van der Waals surface area contributed by atoms with Crippen molar-refractivity contribution in [3.05, 3.63) is 102 Å². The number of nitrogen functional groups attached to an aromatic ring is 1. The number of para-hydroxylation sites is 3. The van der Waals surface area contributed by atoms with Gasteiger partial charge in [-0.05, 0) is 54.7 Å². The van der Waals surface area contributed by atoms with E-state index in [1.54, 1.807) is 11.2 Å². The van der Waals surface area contributed by atoms with E-state index in [2.05, 4.69) is 36.7 Å². The van der Waals surface area contributed by atoms with Gasteiger partial charge in [-0.2, -0.15) is 0 Å². The van der Waals surface area contributed by atoms with Crippen molar-refractivity contribution in [3.63, 3.8) is 0 Å². The van der Waals surface area contributed by atoms with E-state index in [0.29, 0.717) is 12.0 Å². The van der Waals surface area contributed by atoms with Crippen molar-refractivity contribution in [2.24, 2.45) is 0 Å². The molecular formula is C28H34N4O2. The van der Waals surface area contributed by atoms with Crippen molar-refractivity contribution in [1.82, 2.24) is 5.43 Å². The summed E-state index contributed by atoms with van der Waals surface area (Å²) in [5.74, 6) is -0.105. The van der Waals surface area contributed by atoms with Gasteiger partial charge in [0, 0.05) is 24.2 Å². The molecule has 0 radical (unpaired) electrons. The highest BCUT2D eigenvalue weighted by Gasteiger charge is 2.35. The molecule has 4 rings (SSSR count). The molecule has 6 nitrogen and oxygen atoms in total. The Morgan fingerprint density at radius 2 is 1.56 bits per heavy atom. The standard InChI is InChI=1S/C20H23N3O2.C8H11N/c1-2-15-8-6-7-11-18(15)21-14-17-19(12-13-24)22-23(20(17)25)16-9-4-3-5-10-16;1-2-7-5-3-4-6-8(7)9/h3-11,14,19,21-22,24H,2,12-13H2,1H3;3-6H,2,9H2,1H3/b17-14-;. The van der Waals surface area contributed by atoms with Gasteiger partial charge in [0.15, 0.2) is 0 Å². The van der Waals surface area contributed by atoms with Crippen LogP contribution in [0.4, 0.5) is 17.1 Å². The van der Waals surface area contributed by atoms with Gasteiger partial charge in [0.05, 0.1) is 17.3 Å². The van der Waals surface area contributed by atoms with Crippen molar-refractivity contribution in [2.45, 2.75) is 39.2 Å². The van der Waals surface area contributed by atoms with Crippen molar-refractivity contribution in [1.29, 1.82) is 0 Å². The Morgan fingerprint density at radius 1 is 0.941 bits per heavy atom. The van der Waals surface area contributed by atoms with Gasteiger partial charge in [0.1, 0.15) is 0 Å². The maximum atomic E-state index is 12.8. The number of nitrogens with zero attached hydrogens (tertiary/aromatic N) is 1. The van der Waals surface area contributed by atoms with Crippen LogP contribution in [-0.4, -0.2) is 23.7 Å². The number of hydrazine groups is 1. The smallest absolute Gasteiger partial charge is 0.271 e. The number of aliphatic hydroxyl groups excluding tert-OH is 1. The van der Waals surface area contributed by atoms with Gasteiger partial charge >= 0.3 is 0 Å². The molecule has 1 unspecified atom stereocenters. The number of carbonyl (C=O) groups excluding carboxylic acids is 1. The zero-order valence-corrected chi connectivity index (χ0v) is 19.9. The van der Waals surface area contributed by atoms with Crippen LogP contribution in [0.5, 0.6) is 0 Å². The number of hydrogen-bond acceptors (Lipinski definition) is 5. The van der Waals surface area contributed by atoms with E-state index in [4.69, 9.17) is 5.73 Å². The van der Waals surface area contributed by atoms with Crippen LogP contribution in [0.2, 0.25) is 0 Å².